The summed E-state index contributed by atoms with van der Waals surface area (Å²) >= 11 is 5.47. The van der Waals surface area contributed by atoms with E-state index in [9.17, 15) is 4.79 Å². The van der Waals surface area contributed by atoms with Crippen molar-refractivity contribution >= 4 is 39.0 Å². The number of amides is 2. The standard InChI is InChI=1S/C24H26BrN3OS/c1-3-20-21-8-6-12-27(21)23-18(17-7-4-5-9-22(17)30-23)14-28(20)24(29)26-16-10-11-19(25)15(2)13-16/h6,8,10-13,20H,3-5,7,9,14H2,1-2H3,(H,26,29)/t20-/m0/s1. The van der Waals surface area contributed by atoms with Crippen LogP contribution < -0.4 is 5.32 Å². The Kier molecular flexibility index (Phi) is 5.23. The van der Waals surface area contributed by atoms with Crippen molar-refractivity contribution in [1.29, 1.82) is 0 Å². The molecule has 2 aliphatic rings. The SMILES string of the molecule is CC[C@H]1c2cccn2-c2sc3c(c2CN1C(=O)Nc1ccc(Br)c(C)c1)CCCC3. The lowest BCUT2D eigenvalue weighted by Crippen LogP contribution is -2.37. The molecule has 0 spiro atoms. The molecule has 1 atom stereocenters. The zero-order valence-electron chi connectivity index (χ0n) is 17.4. The Balaban J connectivity index is 1.55. The molecule has 0 bridgehead atoms. The first kappa shape index (κ1) is 19.9. The number of urea groups is 1. The fourth-order valence-corrected chi connectivity index (χ4v) is 6.48. The van der Waals surface area contributed by atoms with Crippen molar-refractivity contribution in [1.82, 2.24) is 9.47 Å². The van der Waals surface area contributed by atoms with E-state index in [0.717, 1.165) is 28.6 Å². The zero-order valence-corrected chi connectivity index (χ0v) is 19.8. The number of hydrogen-bond acceptors (Lipinski definition) is 2. The van der Waals surface area contributed by atoms with Crippen LogP contribution in [0.2, 0.25) is 0 Å². The van der Waals surface area contributed by atoms with Gasteiger partial charge >= 0.3 is 6.03 Å². The van der Waals surface area contributed by atoms with Crippen LogP contribution in [0, 0.1) is 6.92 Å². The van der Waals surface area contributed by atoms with Crippen LogP contribution in [-0.4, -0.2) is 15.5 Å². The number of nitrogens with one attached hydrogen (secondary N) is 1. The van der Waals surface area contributed by atoms with Crippen molar-refractivity contribution in [2.75, 3.05) is 5.32 Å². The van der Waals surface area contributed by atoms with E-state index in [1.165, 1.54) is 46.0 Å². The third-order valence-corrected chi connectivity index (χ3v) is 8.58. The van der Waals surface area contributed by atoms with E-state index in [0.29, 0.717) is 6.54 Å². The number of carbonyl (C=O) groups excluding carboxylic acids is 1. The molecule has 1 N–H and O–H groups in total. The van der Waals surface area contributed by atoms with Crippen LogP contribution in [-0.2, 0) is 19.4 Å². The first-order valence-corrected chi connectivity index (χ1v) is 12.3. The first-order chi connectivity index (χ1) is 14.6. The third-order valence-electron chi connectivity index (χ3n) is 6.36. The zero-order chi connectivity index (χ0) is 20.8. The number of hydrogen-bond donors (Lipinski definition) is 1. The number of anilines is 1. The normalized spacial score (nSPS) is 17.7. The fraction of sp³-hybridized carbons (Fsp3) is 0.375. The van der Waals surface area contributed by atoms with Gasteiger partial charge in [-0.05, 0) is 80.5 Å². The molecule has 1 aromatic carbocycles. The van der Waals surface area contributed by atoms with Gasteiger partial charge in [-0.2, -0.15) is 0 Å². The maximum atomic E-state index is 13.5. The maximum absolute atomic E-state index is 13.5. The van der Waals surface area contributed by atoms with Gasteiger partial charge in [0.15, 0.2) is 0 Å². The van der Waals surface area contributed by atoms with Gasteiger partial charge in [-0.15, -0.1) is 11.3 Å². The maximum Gasteiger partial charge on any atom is 0.322 e. The molecule has 156 valence electrons. The van der Waals surface area contributed by atoms with Crippen molar-refractivity contribution < 1.29 is 4.79 Å². The number of aromatic nitrogens is 1. The Morgan fingerprint density at radius 3 is 2.87 bits per heavy atom. The summed E-state index contributed by atoms with van der Waals surface area (Å²) in [4.78, 5) is 17.1. The minimum atomic E-state index is -0.0278. The van der Waals surface area contributed by atoms with E-state index < -0.39 is 0 Å². The minimum Gasteiger partial charge on any atom is -0.312 e. The number of nitrogens with zero attached hydrogens (tertiary/aromatic N) is 2. The molecule has 0 saturated heterocycles. The molecule has 5 rings (SSSR count). The van der Waals surface area contributed by atoms with Gasteiger partial charge in [0.1, 0.15) is 5.00 Å². The van der Waals surface area contributed by atoms with Crippen LogP contribution in [0.3, 0.4) is 0 Å². The monoisotopic (exact) mass is 483 g/mol. The Morgan fingerprint density at radius 1 is 1.23 bits per heavy atom. The fourth-order valence-electron chi connectivity index (χ4n) is 4.83. The summed E-state index contributed by atoms with van der Waals surface area (Å²) in [5.41, 5.74) is 6.00. The molecule has 0 unspecified atom stereocenters. The second-order valence-electron chi connectivity index (χ2n) is 8.24. The van der Waals surface area contributed by atoms with Gasteiger partial charge in [-0.1, -0.05) is 22.9 Å². The highest BCUT2D eigenvalue weighted by atomic mass is 79.9. The highest BCUT2D eigenvalue weighted by molar-refractivity contribution is 9.10. The van der Waals surface area contributed by atoms with Crippen LogP contribution >= 0.6 is 27.3 Å². The lowest BCUT2D eigenvalue weighted by Gasteiger charge is -2.30. The highest BCUT2D eigenvalue weighted by Crippen LogP contribution is 2.43. The molecule has 30 heavy (non-hydrogen) atoms. The van der Waals surface area contributed by atoms with Gasteiger partial charge < -0.3 is 14.8 Å². The third kappa shape index (κ3) is 3.30. The van der Waals surface area contributed by atoms with Crippen LogP contribution in [0.1, 0.15) is 59.5 Å². The molecule has 3 heterocycles. The molecule has 0 saturated carbocycles. The lowest BCUT2D eigenvalue weighted by molar-refractivity contribution is 0.181. The lowest BCUT2D eigenvalue weighted by atomic mass is 9.95. The highest BCUT2D eigenvalue weighted by Gasteiger charge is 2.34. The Morgan fingerprint density at radius 2 is 2.07 bits per heavy atom. The van der Waals surface area contributed by atoms with Crippen molar-refractivity contribution in [3.63, 3.8) is 0 Å². The van der Waals surface area contributed by atoms with E-state index >= 15 is 0 Å². The first-order valence-electron chi connectivity index (χ1n) is 10.7. The Bertz CT molecular complexity index is 1120. The number of rotatable bonds is 2. The van der Waals surface area contributed by atoms with Crippen LogP contribution in [0.4, 0.5) is 10.5 Å². The Labute approximate surface area is 190 Å². The van der Waals surface area contributed by atoms with Gasteiger partial charge in [0.2, 0.25) is 0 Å². The number of carbonyl (C=O) groups is 1. The van der Waals surface area contributed by atoms with E-state index in [-0.39, 0.29) is 12.1 Å². The van der Waals surface area contributed by atoms with Crippen LogP contribution in [0.25, 0.3) is 5.00 Å². The number of benzene rings is 1. The number of thiophene rings is 1. The van der Waals surface area contributed by atoms with E-state index in [4.69, 9.17) is 0 Å². The van der Waals surface area contributed by atoms with Gasteiger partial charge in [0.05, 0.1) is 12.6 Å². The number of halogens is 1. The molecule has 1 aliphatic carbocycles. The van der Waals surface area contributed by atoms with E-state index in [1.54, 1.807) is 0 Å². The summed E-state index contributed by atoms with van der Waals surface area (Å²) in [6, 6.07) is 10.3. The van der Waals surface area contributed by atoms with Crippen LogP contribution in [0.15, 0.2) is 41.0 Å². The minimum absolute atomic E-state index is 0.0278. The Hall–Kier alpha value is -2.05. The molecule has 4 nitrogen and oxygen atoms in total. The second-order valence-corrected chi connectivity index (χ2v) is 10.2. The summed E-state index contributed by atoms with van der Waals surface area (Å²) in [5, 5.41) is 4.47. The molecule has 2 amide bonds. The number of aryl methyl sites for hydroxylation is 2. The van der Waals surface area contributed by atoms with Crippen LogP contribution in [0.5, 0.6) is 0 Å². The summed E-state index contributed by atoms with van der Waals surface area (Å²) < 4.78 is 3.39. The molecule has 0 radical (unpaired) electrons. The van der Waals surface area contributed by atoms with Gasteiger partial charge in [0, 0.05) is 32.5 Å². The predicted octanol–water partition coefficient (Wildman–Crippen LogP) is 6.99. The summed E-state index contributed by atoms with van der Waals surface area (Å²) in [5.74, 6) is 0. The topological polar surface area (TPSA) is 37.3 Å². The molecule has 1 aliphatic heterocycles. The number of fused-ring (bicyclic) bond motifs is 5. The van der Waals surface area contributed by atoms with Crippen molar-refractivity contribution in [2.45, 2.75) is 58.5 Å². The largest absolute Gasteiger partial charge is 0.322 e. The van der Waals surface area contributed by atoms with Gasteiger partial charge in [0.25, 0.3) is 0 Å². The van der Waals surface area contributed by atoms with Crippen molar-refractivity contribution in [3.05, 3.63) is 68.3 Å². The molecular weight excluding hydrogens is 458 g/mol. The van der Waals surface area contributed by atoms with Crippen molar-refractivity contribution in [2.24, 2.45) is 0 Å². The summed E-state index contributed by atoms with van der Waals surface area (Å²) in [7, 11) is 0. The smallest absolute Gasteiger partial charge is 0.312 e. The molecule has 0 fully saturated rings. The van der Waals surface area contributed by atoms with Crippen molar-refractivity contribution in [3.8, 4) is 5.00 Å². The molecule has 6 heteroatoms. The average Bonchev–Trinajstić information content (AvgIpc) is 3.33. The van der Waals surface area contributed by atoms with Gasteiger partial charge in [-0.25, -0.2) is 4.79 Å². The summed E-state index contributed by atoms with van der Waals surface area (Å²) in [6.45, 7) is 4.88. The predicted molar refractivity (Wildman–Crippen MR) is 127 cm³/mol. The van der Waals surface area contributed by atoms with E-state index in [1.807, 2.05) is 41.4 Å². The quantitative estimate of drug-likeness (QED) is 0.418. The molecule has 3 aromatic rings. The van der Waals surface area contributed by atoms with E-state index in [2.05, 4.69) is 51.1 Å². The molecule has 2 aromatic heterocycles. The second kappa shape index (κ2) is 7.89. The molecular formula is C24H26BrN3OS. The average molecular weight is 484 g/mol. The van der Waals surface area contributed by atoms with Gasteiger partial charge in [-0.3, -0.25) is 0 Å². The summed E-state index contributed by atoms with van der Waals surface area (Å²) in [6.07, 6.45) is 7.87.